The second-order valence-corrected chi connectivity index (χ2v) is 6.55. The quantitative estimate of drug-likeness (QED) is 0.771. The van der Waals surface area contributed by atoms with Crippen LogP contribution in [0.3, 0.4) is 0 Å². The first-order valence-electron chi connectivity index (χ1n) is 8.78. The Bertz CT molecular complexity index is 625. The molecule has 0 atom stereocenters. The predicted molar refractivity (Wildman–Crippen MR) is 96.7 cm³/mol. The van der Waals surface area contributed by atoms with Gasteiger partial charge in [-0.25, -0.2) is 0 Å². The highest BCUT2D eigenvalue weighted by molar-refractivity contribution is 5.76. The van der Waals surface area contributed by atoms with Crippen molar-refractivity contribution in [2.24, 2.45) is 0 Å². The molecule has 0 aromatic heterocycles. The number of hydrogen-bond donors (Lipinski definition) is 0. The summed E-state index contributed by atoms with van der Waals surface area (Å²) in [7, 11) is 0. The van der Waals surface area contributed by atoms with Crippen molar-refractivity contribution in [3.05, 3.63) is 71.8 Å². The summed E-state index contributed by atoms with van der Waals surface area (Å²) >= 11 is 0. The van der Waals surface area contributed by atoms with Crippen molar-refractivity contribution >= 4 is 5.91 Å². The van der Waals surface area contributed by atoms with Gasteiger partial charge < -0.3 is 14.4 Å². The molecule has 0 aliphatic carbocycles. The van der Waals surface area contributed by atoms with Gasteiger partial charge in [-0.1, -0.05) is 60.7 Å². The van der Waals surface area contributed by atoms with Gasteiger partial charge in [-0.2, -0.15) is 0 Å². The average Bonchev–Trinajstić information content (AvgIpc) is 3.08. The Morgan fingerprint density at radius 1 is 0.920 bits per heavy atom. The summed E-state index contributed by atoms with van der Waals surface area (Å²) in [5, 5.41) is 0. The molecule has 3 rings (SSSR count). The van der Waals surface area contributed by atoms with Crippen LogP contribution in [0.15, 0.2) is 60.7 Å². The lowest BCUT2D eigenvalue weighted by Crippen LogP contribution is -2.33. The van der Waals surface area contributed by atoms with Crippen molar-refractivity contribution in [3.8, 4) is 0 Å². The zero-order valence-electron chi connectivity index (χ0n) is 14.7. The van der Waals surface area contributed by atoms with Gasteiger partial charge in [0.25, 0.3) is 0 Å². The molecule has 0 N–H and O–H groups in total. The Balaban J connectivity index is 1.67. The third-order valence-corrected chi connectivity index (χ3v) is 4.48. The topological polar surface area (TPSA) is 38.8 Å². The van der Waals surface area contributed by atoms with Crippen molar-refractivity contribution < 1.29 is 14.3 Å². The third-order valence-electron chi connectivity index (χ3n) is 4.48. The maximum Gasteiger partial charge on any atom is 0.223 e. The molecule has 0 unspecified atom stereocenters. The number of hydrogen-bond acceptors (Lipinski definition) is 3. The third kappa shape index (κ3) is 5.15. The van der Waals surface area contributed by atoms with E-state index in [0.29, 0.717) is 39.1 Å². The van der Waals surface area contributed by atoms with E-state index in [1.165, 1.54) is 0 Å². The normalized spacial score (nSPS) is 15.9. The van der Waals surface area contributed by atoms with Crippen LogP contribution in [0.4, 0.5) is 0 Å². The first-order valence-corrected chi connectivity index (χ1v) is 8.78. The summed E-state index contributed by atoms with van der Waals surface area (Å²) in [6, 6.07) is 20.2. The average molecular weight is 339 g/mol. The molecule has 1 heterocycles. The molecule has 2 aromatic rings. The van der Waals surface area contributed by atoms with E-state index in [0.717, 1.165) is 11.1 Å². The van der Waals surface area contributed by atoms with Gasteiger partial charge in [0.15, 0.2) is 5.79 Å². The van der Waals surface area contributed by atoms with Crippen LogP contribution in [-0.2, 0) is 27.4 Å². The molecule has 4 heteroatoms. The Labute approximate surface area is 149 Å². The van der Waals surface area contributed by atoms with Crippen LogP contribution in [0.1, 0.15) is 30.9 Å². The summed E-state index contributed by atoms with van der Waals surface area (Å²) < 4.78 is 11.2. The zero-order chi connectivity index (χ0) is 17.5. The molecule has 132 valence electrons. The second kappa shape index (κ2) is 8.28. The summed E-state index contributed by atoms with van der Waals surface area (Å²) in [5.41, 5.74) is 2.26. The Morgan fingerprint density at radius 3 is 1.88 bits per heavy atom. The van der Waals surface area contributed by atoms with Gasteiger partial charge in [0.05, 0.1) is 13.2 Å². The number of nitrogens with zero attached hydrogens (tertiary/aromatic N) is 1. The number of carbonyl (C=O) groups is 1. The van der Waals surface area contributed by atoms with Crippen molar-refractivity contribution in [2.45, 2.75) is 38.6 Å². The van der Waals surface area contributed by atoms with Crippen LogP contribution in [0.2, 0.25) is 0 Å². The zero-order valence-corrected chi connectivity index (χ0v) is 14.7. The van der Waals surface area contributed by atoms with Crippen molar-refractivity contribution in [2.75, 3.05) is 13.2 Å². The number of amides is 1. The molecule has 1 fully saturated rings. The van der Waals surface area contributed by atoms with E-state index in [1.54, 1.807) is 0 Å². The van der Waals surface area contributed by atoms with Gasteiger partial charge in [0.2, 0.25) is 5.91 Å². The molecule has 1 saturated heterocycles. The monoisotopic (exact) mass is 339 g/mol. The van der Waals surface area contributed by atoms with Crippen LogP contribution in [0, 0.1) is 0 Å². The molecule has 1 aliphatic rings. The first kappa shape index (κ1) is 17.6. The minimum absolute atomic E-state index is 0.119. The van der Waals surface area contributed by atoms with Gasteiger partial charge in [-0.05, 0) is 18.1 Å². The van der Waals surface area contributed by atoms with Crippen LogP contribution in [0.25, 0.3) is 0 Å². The number of carbonyl (C=O) groups excluding carboxylic acids is 1. The highest BCUT2D eigenvalue weighted by atomic mass is 16.7. The lowest BCUT2D eigenvalue weighted by atomic mass is 10.1. The molecule has 1 amide bonds. The highest BCUT2D eigenvalue weighted by Crippen LogP contribution is 2.25. The summed E-state index contributed by atoms with van der Waals surface area (Å²) in [4.78, 5) is 14.8. The van der Waals surface area contributed by atoms with Gasteiger partial charge in [-0.3, -0.25) is 4.79 Å². The smallest absolute Gasteiger partial charge is 0.223 e. The lowest BCUT2D eigenvalue weighted by molar-refractivity contribution is -0.155. The molecular formula is C21H25NO3. The molecule has 0 radical (unpaired) electrons. The second-order valence-electron chi connectivity index (χ2n) is 6.55. The van der Waals surface area contributed by atoms with Gasteiger partial charge in [0, 0.05) is 25.9 Å². The summed E-state index contributed by atoms with van der Waals surface area (Å²) in [6.45, 7) is 4.32. The molecule has 1 aliphatic heterocycles. The maximum absolute atomic E-state index is 12.9. The molecule has 0 spiro atoms. The molecule has 0 saturated carbocycles. The molecule has 4 nitrogen and oxygen atoms in total. The highest BCUT2D eigenvalue weighted by Gasteiger charge is 2.32. The van der Waals surface area contributed by atoms with Crippen molar-refractivity contribution in [1.29, 1.82) is 0 Å². The molecular weight excluding hydrogens is 314 g/mol. The summed E-state index contributed by atoms with van der Waals surface area (Å²) in [6.07, 6.45) is 0.988. The van der Waals surface area contributed by atoms with E-state index in [2.05, 4.69) is 24.3 Å². The maximum atomic E-state index is 12.9. The van der Waals surface area contributed by atoms with Gasteiger partial charge in [-0.15, -0.1) is 0 Å². The fourth-order valence-electron chi connectivity index (χ4n) is 3.03. The van der Waals surface area contributed by atoms with E-state index < -0.39 is 5.79 Å². The van der Waals surface area contributed by atoms with Crippen LogP contribution in [-0.4, -0.2) is 29.8 Å². The lowest BCUT2D eigenvalue weighted by Gasteiger charge is -2.26. The van der Waals surface area contributed by atoms with E-state index >= 15 is 0 Å². The minimum atomic E-state index is -0.624. The van der Waals surface area contributed by atoms with Crippen molar-refractivity contribution in [1.82, 2.24) is 4.90 Å². The SMILES string of the molecule is CC1(CCC(=O)N(Cc2ccccc2)Cc2ccccc2)OCCO1. The van der Waals surface area contributed by atoms with Gasteiger partial charge >= 0.3 is 0 Å². The van der Waals surface area contributed by atoms with E-state index in [4.69, 9.17) is 9.47 Å². The predicted octanol–water partition coefficient (Wildman–Crippen LogP) is 3.76. The Hall–Kier alpha value is -2.17. The van der Waals surface area contributed by atoms with Crippen LogP contribution >= 0.6 is 0 Å². The Morgan fingerprint density at radius 2 is 1.40 bits per heavy atom. The van der Waals surface area contributed by atoms with Crippen LogP contribution in [0.5, 0.6) is 0 Å². The largest absolute Gasteiger partial charge is 0.348 e. The number of rotatable bonds is 7. The molecule has 2 aromatic carbocycles. The van der Waals surface area contributed by atoms with Crippen LogP contribution < -0.4 is 0 Å². The van der Waals surface area contributed by atoms with Gasteiger partial charge in [0.1, 0.15) is 0 Å². The van der Waals surface area contributed by atoms with E-state index in [-0.39, 0.29) is 5.91 Å². The molecule has 25 heavy (non-hydrogen) atoms. The number of ether oxygens (including phenoxy) is 2. The standard InChI is InChI=1S/C21H25NO3/c1-21(24-14-15-25-21)13-12-20(23)22(16-18-8-4-2-5-9-18)17-19-10-6-3-7-11-19/h2-11H,12-17H2,1H3. The summed E-state index contributed by atoms with van der Waals surface area (Å²) in [5.74, 6) is -0.506. The fourth-order valence-corrected chi connectivity index (χ4v) is 3.03. The first-order chi connectivity index (χ1) is 12.1. The fraction of sp³-hybridized carbons (Fsp3) is 0.381. The van der Waals surface area contributed by atoms with Crippen molar-refractivity contribution in [3.63, 3.8) is 0 Å². The number of benzene rings is 2. The van der Waals surface area contributed by atoms with E-state index in [9.17, 15) is 4.79 Å². The van der Waals surface area contributed by atoms with E-state index in [1.807, 2.05) is 48.2 Å². The molecule has 0 bridgehead atoms. The minimum Gasteiger partial charge on any atom is -0.348 e. The Kier molecular flexibility index (Phi) is 5.84.